The molecule has 0 saturated carbocycles. The summed E-state index contributed by atoms with van der Waals surface area (Å²) >= 11 is 19.2. The number of esters is 1. The molecule has 0 fully saturated rings. The van der Waals surface area contributed by atoms with Gasteiger partial charge in [-0.2, -0.15) is 5.10 Å². The van der Waals surface area contributed by atoms with Crippen molar-refractivity contribution in [3.8, 4) is 28.4 Å². The van der Waals surface area contributed by atoms with Crippen LogP contribution in [0.5, 0.6) is 17.2 Å². The standard InChI is InChI=1S/C31H22Cl3N3O5/c1-40-20-10-8-18(9-11-20)31(39)42-25-12-7-17(13-26(25)41-2)16-35-37-30(38)29-27(21-5-3-4-6-23(21)33)22-14-19(32)15-24(34)28(22)36-29/h3-16,36H,1-2H3,(H,37,38). The molecule has 1 aromatic heterocycles. The van der Waals surface area contributed by atoms with Gasteiger partial charge in [-0.05, 0) is 66.2 Å². The van der Waals surface area contributed by atoms with E-state index in [4.69, 9.17) is 49.0 Å². The number of hydrogen-bond donors (Lipinski definition) is 2. The Labute approximate surface area is 255 Å². The van der Waals surface area contributed by atoms with Gasteiger partial charge in [0.25, 0.3) is 5.91 Å². The van der Waals surface area contributed by atoms with Crippen LogP contribution in [-0.2, 0) is 0 Å². The Balaban J connectivity index is 1.37. The summed E-state index contributed by atoms with van der Waals surface area (Å²) < 4.78 is 16.0. The van der Waals surface area contributed by atoms with E-state index in [9.17, 15) is 9.59 Å². The van der Waals surface area contributed by atoms with Crippen LogP contribution >= 0.6 is 34.8 Å². The van der Waals surface area contributed by atoms with Crippen LogP contribution in [0.25, 0.3) is 22.0 Å². The summed E-state index contributed by atoms with van der Waals surface area (Å²) in [7, 11) is 2.99. The zero-order chi connectivity index (χ0) is 29.8. The summed E-state index contributed by atoms with van der Waals surface area (Å²) in [5, 5.41) is 5.96. The van der Waals surface area contributed by atoms with Crippen LogP contribution in [0.2, 0.25) is 15.1 Å². The highest BCUT2D eigenvalue weighted by molar-refractivity contribution is 6.39. The number of hydrogen-bond acceptors (Lipinski definition) is 6. The molecule has 4 aromatic carbocycles. The van der Waals surface area contributed by atoms with E-state index in [2.05, 4.69) is 15.5 Å². The first-order valence-electron chi connectivity index (χ1n) is 12.4. The average Bonchev–Trinajstić information content (AvgIpc) is 3.37. The number of halogens is 3. The summed E-state index contributed by atoms with van der Waals surface area (Å²) in [5.41, 5.74) is 5.37. The van der Waals surface area contributed by atoms with Gasteiger partial charge in [-0.3, -0.25) is 4.79 Å². The zero-order valence-corrected chi connectivity index (χ0v) is 24.5. The Bertz CT molecular complexity index is 1830. The molecular weight excluding hydrogens is 601 g/mol. The van der Waals surface area contributed by atoms with Crippen molar-refractivity contribution in [3.05, 3.63) is 111 Å². The highest BCUT2D eigenvalue weighted by atomic mass is 35.5. The van der Waals surface area contributed by atoms with Gasteiger partial charge in [0.05, 0.1) is 36.5 Å². The van der Waals surface area contributed by atoms with Crippen LogP contribution in [0.3, 0.4) is 0 Å². The van der Waals surface area contributed by atoms with E-state index in [0.29, 0.717) is 59.7 Å². The normalized spacial score (nSPS) is 11.1. The van der Waals surface area contributed by atoms with E-state index in [-0.39, 0.29) is 11.4 Å². The van der Waals surface area contributed by atoms with Crippen molar-refractivity contribution in [1.82, 2.24) is 10.4 Å². The van der Waals surface area contributed by atoms with Gasteiger partial charge in [0.15, 0.2) is 11.5 Å². The van der Waals surface area contributed by atoms with Crippen molar-refractivity contribution in [1.29, 1.82) is 0 Å². The Morgan fingerprint density at radius 3 is 2.33 bits per heavy atom. The lowest BCUT2D eigenvalue weighted by molar-refractivity contribution is 0.0729. The van der Waals surface area contributed by atoms with Crippen LogP contribution in [0.4, 0.5) is 0 Å². The monoisotopic (exact) mass is 621 g/mol. The second-order valence-corrected chi connectivity index (χ2v) is 10.1. The highest BCUT2D eigenvalue weighted by Crippen LogP contribution is 2.40. The molecule has 1 heterocycles. The number of fused-ring (bicyclic) bond motifs is 1. The number of ether oxygens (including phenoxy) is 3. The van der Waals surface area contributed by atoms with E-state index in [1.54, 1.807) is 79.9 Å². The van der Waals surface area contributed by atoms with Crippen LogP contribution in [0, 0.1) is 0 Å². The molecule has 5 aromatic rings. The van der Waals surface area contributed by atoms with Gasteiger partial charge in [-0.1, -0.05) is 53.0 Å². The molecule has 0 spiro atoms. The molecule has 0 aliphatic rings. The summed E-state index contributed by atoms with van der Waals surface area (Å²) in [5.74, 6) is 0.0608. The number of benzene rings is 4. The van der Waals surface area contributed by atoms with E-state index in [0.717, 1.165) is 0 Å². The number of aromatic nitrogens is 1. The molecule has 0 radical (unpaired) electrons. The molecule has 0 atom stereocenters. The number of rotatable bonds is 8. The average molecular weight is 623 g/mol. The Kier molecular flexibility index (Phi) is 8.68. The van der Waals surface area contributed by atoms with Crippen LogP contribution in [0.15, 0.2) is 84.0 Å². The molecular formula is C31H22Cl3N3O5. The predicted octanol–water partition coefficient (Wildman–Crippen LogP) is 7.80. The third-order valence-electron chi connectivity index (χ3n) is 6.29. The Hall–Kier alpha value is -4.50. The number of hydrazone groups is 1. The summed E-state index contributed by atoms with van der Waals surface area (Å²) in [6.07, 6.45) is 1.43. The number of H-pyrrole nitrogens is 1. The lowest BCUT2D eigenvalue weighted by Crippen LogP contribution is -2.19. The van der Waals surface area contributed by atoms with Crippen LogP contribution in [-0.4, -0.2) is 37.3 Å². The molecule has 42 heavy (non-hydrogen) atoms. The molecule has 0 bridgehead atoms. The summed E-state index contributed by atoms with van der Waals surface area (Å²) in [6, 6.07) is 21.8. The lowest BCUT2D eigenvalue weighted by atomic mass is 10.0. The maximum absolute atomic E-state index is 13.3. The number of carbonyl (C=O) groups excluding carboxylic acids is 2. The first-order valence-corrected chi connectivity index (χ1v) is 13.6. The molecule has 0 aliphatic carbocycles. The van der Waals surface area contributed by atoms with Crippen molar-refractivity contribution in [2.24, 2.45) is 5.10 Å². The van der Waals surface area contributed by atoms with Crippen LogP contribution in [0.1, 0.15) is 26.4 Å². The van der Waals surface area contributed by atoms with Gasteiger partial charge < -0.3 is 19.2 Å². The number of amides is 1. The van der Waals surface area contributed by atoms with Crippen molar-refractivity contribution in [2.45, 2.75) is 0 Å². The zero-order valence-electron chi connectivity index (χ0n) is 22.2. The molecule has 2 N–H and O–H groups in total. The highest BCUT2D eigenvalue weighted by Gasteiger charge is 2.22. The first-order chi connectivity index (χ1) is 20.3. The number of methoxy groups -OCH3 is 2. The second kappa shape index (κ2) is 12.6. The van der Waals surface area contributed by atoms with Crippen molar-refractivity contribution in [2.75, 3.05) is 14.2 Å². The second-order valence-electron chi connectivity index (χ2n) is 8.89. The van der Waals surface area contributed by atoms with E-state index in [1.807, 2.05) is 6.07 Å². The van der Waals surface area contributed by atoms with E-state index < -0.39 is 11.9 Å². The van der Waals surface area contributed by atoms with Crippen LogP contribution < -0.4 is 19.6 Å². The third-order valence-corrected chi connectivity index (χ3v) is 7.14. The molecule has 8 nitrogen and oxygen atoms in total. The van der Waals surface area contributed by atoms with Crippen molar-refractivity contribution in [3.63, 3.8) is 0 Å². The van der Waals surface area contributed by atoms with E-state index >= 15 is 0 Å². The fourth-order valence-electron chi connectivity index (χ4n) is 4.29. The van der Waals surface area contributed by atoms with Crippen molar-refractivity contribution >= 4 is 63.8 Å². The molecule has 11 heteroatoms. The molecule has 212 valence electrons. The predicted molar refractivity (Wildman–Crippen MR) is 165 cm³/mol. The third kappa shape index (κ3) is 6.06. The first kappa shape index (κ1) is 29.0. The number of aromatic amines is 1. The van der Waals surface area contributed by atoms with Crippen molar-refractivity contribution < 1.29 is 23.8 Å². The van der Waals surface area contributed by atoms with Gasteiger partial charge in [-0.15, -0.1) is 0 Å². The molecule has 0 saturated heterocycles. The number of carbonyl (C=O) groups is 2. The maximum atomic E-state index is 13.3. The number of nitrogens with zero attached hydrogens (tertiary/aromatic N) is 1. The molecule has 5 rings (SSSR count). The van der Waals surface area contributed by atoms with Gasteiger partial charge >= 0.3 is 5.97 Å². The summed E-state index contributed by atoms with van der Waals surface area (Å²) in [4.78, 5) is 29.0. The topological polar surface area (TPSA) is 102 Å². The minimum Gasteiger partial charge on any atom is -0.497 e. The molecule has 0 unspecified atom stereocenters. The SMILES string of the molecule is COc1ccc(C(=O)Oc2ccc(C=NNC(=O)c3[nH]c4c(Cl)cc(Cl)cc4c3-c3ccccc3Cl)cc2OC)cc1. The van der Waals surface area contributed by atoms with Gasteiger partial charge in [-0.25, -0.2) is 10.2 Å². The van der Waals surface area contributed by atoms with Gasteiger partial charge in [0, 0.05) is 26.6 Å². The van der Waals surface area contributed by atoms with E-state index in [1.165, 1.54) is 13.3 Å². The molecule has 1 amide bonds. The maximum Gasteiger partial charge on any atom is 0.343 e. The fourth-order valence-corrected chi connectivity index (χ4v) is 5.06. The van der Waals surface area contributed by atoms with Gasteiger partial charge in [0.1, 0.15) is 11.4 Å². The van der Waals surface area contributed by atoms with Gasteiger partial charge in [0.2, 0.25) is 0 Å². The Morgan fingerprint density at radius 1 is 0.857 bits per heavy atom. The quantitative estimate of drug-likeness (QED) is 0.0796. The Morgan fingerprint density at radius 2 is 1.62 bits per heavy atom. The minimum atomic E-state index is -0.557. The fraction of sp³-hybridized carbons (Fsp3) is 0.0645. The lowest BCUT2D eigenvalue weighted by Gasteiger charge is -2.10. The summed E-state index contributed by atoms with van der Waals surface area (Å²) in [6.45, 7) is 0. The molecule has 0 aliphatic heterocycles. The largest absolute Gasteiger partial charge is 0.497 e. The smallest absolute Gasteiger partial charge is 0.343 e. The minimum absolute atomic E-state index is 0.206. The number of nitrogens with one attached hydrogen (secondary N) is 2.